The van der Waals surface area contributed by atoms with Crippen molar-refractivity contribution in [2.24, 2.45) is 0 Å². The van der Waals surface area contributed by atoms with Crippen LogP contribution in [-0.2, 0) is 11.3 Å². The van der Waals surface area contributed by atoms with Crippen LogP contribution in [0.3, 0.4) is 0 Å². The van der Waals surface area contributed by atoms with E-state index in [1.807, 2.05) is 25.1 Å². The van der Waals surface area contributed by atoms with Crippen LogP contribution in [0.1, 0.15) is 27.2 Å². The Morgan fingerprint density at radius 2 is 2.00 bits per heavy atom. The molecule has 1 aromatic carbocycles. The molecule has 6 nitrogen and oxygen atoms in total. The molecule has 0 atom stereocenters. The third kappa shape index (κ3) is 4.34. The van der Waals surface area contributed by atoms with Crippen LogP contribution in [0.25, 0.3) is 21.5 Å². The number of carbonyl (C=O) groups is 2. The van der Waals surface area contributed by atoms with Crippen LogP contribution in [0, 0.1) is 6.92 Å². The van der Waals surface area contributed by atoms with Crippen molar-refractivity contribution in [3.05, 3.63) is 56.9 Å². The van der Waals surface area contributed by atoms with Crippen LogP contribution in [-0.4, -0.2) is 21.8 Å². The Kier molecular flexibility index (Phi) is 5.40. The summed E-state index contributed by atoms with van der Waals surface area (Å²) in [5, 5.41) is 7.72. The molecular weight excluding hydrogens is 428 g/mol. The second-order valence-electron chi connectivity index (χ2n) is 6.47. The van der Waals surface area contributed by atoms with Gasteiger partial charge in [-0.1, -0.05) is 17.7 Å². The minimum atomic E-state index is -0.254. The van der Waals surface area contributed by atoms with Gasteiger partial charge in [-0.05, 0) is 37.3 Å². The van der Waals surface area contributed by atoms with E-state index in [1.54, 1.807) is 29.5 Å². The van der Waals surface area contributed by atoms with Gasteiger partial charge in [-0.25, -0.2) is 4.98 Å². The molecule has 3 N–H and O–H groups in total. The average molecular weight is 445 g/mol. The molecule has 4 rings (SSSR count). The number of benzene rings is 1. The quantitative estimate of drug-likeness (QED) is 0.395. The topological polar surface area (TPSA) is 86.9 Å². The molecule has 0 radical (unpaired) electrons. The molecule has 3 heterocycles. The molecule has 0 aliphatic rings. The van der Waals surface area contributed by atoms with Crippen LogP contribution in [0.2, 0.25) is 5.02 Å². The number of fused-ring (bicyclic) bond motifs is 1. The van der Waals surface area contributed by atoms with E-state index in [-0.39, 0.29) is 11.8 Å². The number of hydrogen-bond donors (Lipinski definition) is 3. The average Bonchev–Trinajstić information content (AvgIpc) is 3.37. The number of amides is 2. The summed E-state index contributed by atoms with van der Waals surface area (Å²) in [6, 6.07) is 11.2. The number of hydrogen-bond acceptors (Lipinski definition) is 5. The van der Waals surface area contributed by atoms with E-state index in [2.05, 4.69) is 20.6 Å². The van der Waals surface area contributed by atoms with Gasteiger partial charge in [0.2, 0.25) is 5.91 Å². The lowest BCUT2D eigenvalue weighted by Gasteiger charge is -1.98. The maximum absolute atomic E-state index is 12.6. The molecule has 148 valence electrons. The van der Waals surface area contributed by atoms with E-state index in [9.17, 15) is 9.59 Å². The third-order valence-corrected chi connectivity index (χ3v) is 6.47. The lowest BCUT2D eigenvalue weighted by Crippen LogP contribution is -2.17. The molecule has 4 aromatic rings. The van der Waals surface area contributed by atoms with Gasteiger partial charge in [0.25, 0.3) is 5.91 Å². The minimum Gasteiger partial charge on any atom is -0.351 e. The van der Waals surface area contributed by atoms with Crippen LogP contribution < -0.4 is 10.6 Å². The maximum Gasteiger partial charge on any atom is 0.273 e. The van der Waals surface area contributed by atoms with Crippen molar-refractivity contribution in [2.45, 2.75) is 20.4 Å². The second kappa shape index (κ2) is 7.98. The molecule has 3 aromatic heterocycles. The smallest absolute Gasteiger partial charge is 0.273 e. The van der Waals surface area contributed by atoms with Crippen molar-refractivity contribution in [2.75, 3.05) is 5.32 Å². The fourth-order valence-corrected chi connectivity index (χ4v) is 4.93. The molecule has 9 heteroatoms. The van der Waals surface area contributed by atoms with Gasteiger partial charge < -0.3 is 10.3 Å². The van der Waals surface area contributed by atoms with Gasteiger partial charge in [-0.2, -0.15) is 0 Å². The number of rotatable bonds is 5. The Balaban J connectivity index is 1.51. The van der Waals surface area contributed by atoms with Gasteiger partial charge >= 0.3 is 0 Å². The highest BCUT2D eigenvalue weighted by Crippen LogP contribution is 2.35. The lowest BCUT2D eigenvalue weighted by molar-refractivity contribution is -0.119. The predicted octanol–water partition coefficient (Wildman–Crippen LogP) is 5.20. The molecule has 0 fully saturated rings. The van der Waals surface area contributed by atoms with Gasteiger partial charge in [0.1, 0.15) is 5.69 Å². The summed E-state index contributed by atoms with van der Waals surface area (Å²) < 4.78 is 0. The summed E-state index contributed by atoms with van der Waals surface area (Å²) >= 11 is 9.01. The van der Waals surface area contributed by atoms with Crippen LogP contribution in [0.5, 0.6) is 0 Å². The van der Waals surface area contributed by atoms with E-state index in [0.717, 1.165) is 31.2 Å². The molecule has 0 saturated carbocycles. The zero-order valence-electron chi connectivity index (χ0n) is 15.6. The van der Waals surface area contributed by atoms with Crippen molar-refractivity contribution in [3.8, 4) is 10.6 Å². The zero-order chi connectivity index (χ0) is 20.5. The minimum absolute atomic E-state index is 0.0611. The number of nitrogens with zero attached hydrogens (tertiary/aromatic N) is 1. The van der Waals surface area contributed by atoms with E-state index < -0.39 is 0 Å². The standard InChI is InChI=1S/C20H17ClN4O2S2/c1-10-18(17-6-5-14(29-17)9-22-11(2)26)24-20(28-10)25-19(27)16-7-12-3-4-13(21)8-15(12)23-16/h3-8,23H,9H2,1-2H3,(H,22,26)(H,24,25,27). The predicted molar refractivity (Wildman–Crippen MR) is 119 cm³/mol. The summed E-state index contributed by atoms with van der Waals surface area (Å²) in [4.78, 5) is 34.4. The fraction of sp³-hybridized carbons (Fsp3) is 0.150. The van der Waals surface area contributed by atoms with Crippen LogP contribution in [0.4, 0.5) is 5.13 Å². The first kappa shape index (κ1) is 19.6. The maximum atomic E-state index is 12.6. The fourth-order valence-electron chi connectivity index (χ4n) is 2.88. The molecule has 0 aliphatic heterocycles. The first-order valence-corrected chi connectivity index (χ1v) is 10.8. The highest BCUT2D eigenvalue weighted by atomic mass is 35.5. The van der Waals surface area contributed by atoms with E-state index in [0.29, 0.717) is 22.4 Å². The zero-order valence-corrected chi connectivity index (χ0v) is 18.0. The summed E-state index contributed by atoms with van der Waals surface area (Å²) in [7, 11) is 0. The summed E-state index contributed by atoms with van der Waals surface area (Å²) in [6.07, 6.45) is 0. The molecule has 0 spiro atoms. The van der Waals surface area contributed by atoms with E-state index in [1.165, 1.54) is 18.3 Å². The second-order valence-corrected chi connectivity index (χ2v) is 9.28. The molecule has 0 saturated heterocycles. The number of anilines is 1. The monoisotopic (exact) mass is 444 g/mol. The van der Waals surface area contributed by atoms with E-state index in [4.69, 9.17) is 11.6 Å². The largest absolute Gasteiger partial charge is 0.351 e. The molecule has 0 aliphatic carbocycles. The van der Waals surface area contributed by atoms with Crippen molar-refractivity contribution >= 4 is 62.1 Å². The summed E-state index contributed by atoms with van der Waals surface area (Å²) in [5.74, 6) is -0.316. The Hall–Kier alpha value is -2.68. The first-order valence-electron chi connectivity index (χ1n) is 8.79. The number of aryl methyl sites for hydroxylation is 1. The Bertz CT molecular complexity index is 1220. The summed E-state index contributed by atoms with van der Waals surface area (Å²) in [6.45, 7) is 3.97. The van der Waals surface area contributed by atoms with Crippen LogP contribution >= 0.6 is 34.3 Å². The molecule has 29 heavy (non-hydrogen) atoms. The lowest BCUT2D eigenvalue weighted by atomic mass is 10.2. The number of H-pyrrole nitrogens is 1. The number of thiophene rings is 1. The van der Waals surface area contributed by atoms with Gasteiger partial charge in [0.05, 0.1) is 17.1 Å². The molecule has 0 unspecified atom stereocenters. The Morgan fingerprint density at radius 1 is 1.17 bits per heavy atom. The third-order valence-electron chi connectivity index (χ3n) is 4.25. The number of aromatic nitrogens is 2. The SMILES string of the molecule is CC(=O)NCc1ccc(-c2nc(NC(=O)c3cc4ccc(Cl)cc4[nH]3)sc2C)s1. The van der Waals surface area contributed by atoms with Gasteiger partial charge in [-0.15, -0.1) is 22.7 Å². The molecule has 2 amide bonds. The van der Waals surface area contributed by atoms with Gasteiger partial charge in [0.15, 0.2) is 5.13 Å². The Morgan fingerprint density at radius 3 is 2.79 bits per heavy atom. The van der Waals surface area contributed by atoms with Crippen LogP contribution in [0.15, 0.2) is 36.4 Å². The highest BCUT2D eigenvalue weighted by molar-refractivity contribution is 7.18. The summed E-state index contributed by atoms with van der Waals surface area (Å²) in [5.41, 5.74) is 2.10. The number of aromatic amines is 1. The highest BCUT2D eigenvalue weighted by Gasteiger charge is 2.16. The van der Waals surface area contributed by atoms with Crippen molar-refractivity contribution in [1.29, 1.82) is 0 Å². The first-order chi connectivity index (χ1) is 13.9. The molecule has 0 bridgehead atoms. The van der Waals surface area contributed by atoms with Crippen molar-refractivity contribution in [3.63, 3.8) is 0 Å². The number of nitrogens with one attached hydrogen (secondary N) is 3. The van der Waals surface area contributed by atoms with Gasteiger partial charge in [0, 0.05) is 32.6 Å². The number of halogens is 1. The number of thiazole rings is 1. The normalized spacial score (nSPS) is 11.0. The van der Waals surface area contributed by atoms with Gasteiger partial charge in [-0.3, -0.25) is 14.9 Å². The van der Waals surface area contributed by atoms with E-state index >= 15 is 0 Å². The van der Waals surface area contributed by atoms with Crippen molar-refractivity contribution < 1.29 is 9.59 Å². The number of carbonyl (C=O) groups excluding carboxylic acids is 2. The Labute approximate surface area is 179 Å². The van der Waals surface area contributed by atoms with Crippen molar-refractivity contribution in [1.82, 2.24) is 15.3 Å². The molecular formula is C20H17ClN4O2S2.